The number of aromatic nitrogens is 1. The summed E-state index contributed by atoms with van der Waals surface area (Å²) in [5.41, 5.74) is 14.7. The molecule has 1 fully saturated rings. The van der Waals surface area contributed by atoms with Crippen LogP contribution in [-0.4, -0.2) is 128 Å². The number of amides is 6. The molecule has 4 aromatic rings. The van der Waals surface area contributed by atoms with Crippen LogP contribution in [0, 0.1) is 0 Å². The fourth-order valence-corrected chi connectivity index (χ4v) is 9.45. The van der Waals surface area contributed by atoms with Crippen molar-refractivity contribution in [3.8, 4) is 5.75 Å². The summed E-state index contributed by atoms with van der Waals surface area (Å²) in [7, 11) is 1.96. The number of fused-ring (bicyclic) bond motifs is 1. The molecule has 1 aliphatic heterocycles. The predicted molar refractivity (Wildman–Crippen MR) is 251 cm³/mol. The lowest BCUT2D eigenvalue weighted by atomic mass is 10.0. The Morgan fingerprint density at radius 1 is 0.742 bits per heavy atom. The van der Waals surface area contributed by atoms with Gasteiger partial charge in [0.2, 0.25) is 35.4 Å². The van der Waals surface area contributed by atoms with E-state index in [0.717, 1.165) is 38.1 Å². The quantitative estimate of drug-likeness (QED) is 0.0591. The molecule has 2 heterocycles. The lowest BCUT2D eigenvalue weighted by Gasteiger charge is -2.28. The van der Waals surface area contributed by atoms with E-state index in [9.17, 15) is 48.9 Å². The number of para-hydroxylation sites is 1. The molecule has 1 aromatic heterocycles. The third-order valence-corrected chi connectivity index (χ3v) is 13.2. The van der Waals surface area contributed by atoms with Crippen LogP contribution in [0.2, 0.25) is 0 Å². The highest BCUT2D eigenvalue weighted by atomic mass is 33.1. The van der Waals surface area contributed by atoms with Gasteiger partial charge < -0.3 is 63.7 Å². The number of nitrogens with two attached hydrogens (primary N) is 2. The van der Waals surface area contributed by atoms with E-state index in [0.29, 0.717) is 24.0 Å². The molecule has 5 rings (SSSR count). The van der Waals surface area contributed by atoms with Gasteiger partial charge in [-0.05, 0) is 74.0 Å². The van der Waals surface area contributed by atoms with E-state index < -0.39 is 89.8 Å². The minimum absolute atomic E-state index is 0.0317. The largest absolute Gasteiger partial charge is 0.508 e. The Balaban J connectivity index is 1.54. The van der Waals surface area contributed by atoms with Crippen molar-refractivity contribution < 1.29 is 48.9 Å². The van der Waals surface area contributed by atoms with Gasteiger partial charge >= 0.3 is 5.97 Å². The molecule has 0 radical (unpaired) electrons. The first-order chi connectivity index (χ1) is 31.6. The Kier molecular flexibility index (Phi) is 19.2. The fourth-order valence-electron chi connectivity index (χ4n) is 7.14. The maximum Gasteiger partial charge on any atom is 0.327 e. The third-order valence-electron chi connectivity index (χ3n) is 10.8. The van der Waals surface area contributed by atoms with Gasteiger partial charge in [-0.2, -0.15) is 0 Å². The van der Waals surface area contributed by atoms with Gasteiger partial charge in [-0.1, -0.05) is 82.3 Å². The monoisotopic (exact) mass is 947 g/mol. The summed E-state index contributed by atoms with van der Waals surface area (Å²) in [6.45, 7) is 1.50. The molecule has 8 atom stereocenters. The summed E-state index contributed by atoms with van der Waals surface area (Å²) < 4.78 is 0. The minimum Gasteiger partial charge on any atom is -0.508 e. The third kappa shape index (κ3) is 15.0. The van der Waals surface area contributed by atoms with E-state index in [1.54, 1.807) is 48.7 Å². The molecular weight excluding hydrogens is 891 g/mol. The summed E-state index contributed by atoms with van der Waals surface area (Å²) in [5, 5.41) is 47.2. The van der Waals surface area contributed by atoms with Gasteiger partial charge in [0.1, 0.15) is 42.0 Å². The highest BCUT2D eigenvalue weighted by molar-refractivity contribution is 8.76. The van der Waals surface area contributed by atoms with E-state index in [4.69, 9.17) is 11.5 Å². The zero-order valence-electron chi connectivity index (χ0n) is 36.2. The molecule has 21 heteroatoms. The number of phenolic OH excluding ortho intramolecular Hbond substituents is 1. The highest BCUT2D eigenvalue weighted by Gasteiger charge is 2.36. The molecule has 0 aliphatic carbocycles. The molecule has 19 nitrogen and oxygen atoms in total. The van der Waals surface area contributed by atoms with Crippen LogP contribution < -0.4 is 43.4 Å². The van der Waals surface area contributed by atoms with Gasteiger partial charge in [0.25, 0.3) is 0 Å². The number of hydrogen-bond donors (Lipinski definition) is 12. The molecule has 0 spiro atoms. The zero-order valence-corrected chi connectivity index (χ0v) is 37.9. The number of aromatic hydroxyl groups is 1. The Morgan fingerprint density at radius 2 is 1.36 bits per heavy atom. The number of carbonyl (C=O) groups excluding carboxylic acids is 6. The van der Waals surface area contributed by atoms with Crippen LogP contribution >= 0.6 is 21.6 Å². The first-order valence-corrected chi connectivity index (χ1v) is 23.9. The van der Waals surface area contributed by atoms with Crippen LogP contribution in [0.15, 0.2) is 85.1 Å². The van der Waals surface area contributed by atoms with Gasteiger partial charge in [0, 0.05) is 41.4 Å². The minimum atomic E-state index is -1.65. The van der Waals surface area contributed by atoms with Gasteiger partial charge in [-0.3, -0.25) is 28.8 Å². The normalized spacial score (nSPS) is 22.7. The molecule has 0 unspecified atom stereocenters. The second-order valence-corrected chi connectivity index (χ2v) is 18.5. The van der Waals surface area contributed by atoms with Crippen molar-refractivity contribution in [3.63, 3.8) is 0 Å². The van der Waals surface area contributed by atoms with Crippen LogP contribution in [0.5, 0.6) is 5.75 Å². The van der Waals surface area contributed by atoms with Crippen LogP contribution in [0.1, 0.15) is 42.9 Å². The Hall–Kier alpha value is -6.13. The first-order valence-electron chi connectivity index (χ1n) is 21.4. The van der Waals surface area contributed by atoms with Crippen molar-refractivity contribution in [1.29, 1.82) is 0 Å². The molecule has 66 heavy (non-hydrogen) atoms. The van der Waals surface area contributed by atoms with Gasteiger partial charge in [0.15, 0.2) is 0 Å². The molecule has 3 aromatic carbocycles. The Labute approximate surface area is 389 Å². The molecule has 6 amide bonds. The van der Waals surface area contributed by atoms with Crippen LogP contribution in [0.25, 0.3) is 10.9 Å². The van der Waals surface area contributed by atoms with Gasteiger partial charge in [0.05, 0.1) is 12.1 Å². The maximum absolute atomic E-state index is 14.6. The SMILES string of the molecule is C[C@@H](O)[C@@H]1NC(=O)[C@H](CCCCN)NC(=O)[C@@H](Cc2c[nH]c3ccccc23)NC(=O)[C@H](Cc2ccc(O)cc2)NC(=O)[C@@H](NC(=O)[C@H](N)Cc2ccccc2)CSSC[C@@H](C(=O)O)NC1=O. The van der Waals surface area contributed by atoms with Gasteiger partial charge in [-0.15, -0.1) is 0 Å². The molecule has 0 saturated carbocycles. The lowest BCUT2D eigenvalue weighted by Crippen LogP contribution is -2.61. The number of carboxylic acid groups (broad SMARTS) is 1. The average molecular weight is 948 g/mol. The van der Waals surface area contributed by atoms with E-state index in [1.165, 1.54) is 19.1 Å². The van der Waals surface area contributed by atoms with Crippen molar-refractivity contribution in [2.75, 3.05) is 18.1 Å². The van der Waals surface area contributed by atoms with Crippen molar-refractivity contribution in [2.45, 2.75) is 93.8 Å². The molecule has 354 valence electrons. The fraction of sp³-hybridized carbons (Fsp3) is 0.400. The summed E-state index contributed by atoms with van der Waals surface area (Å²) in [5.74, 6) is -6.89. The average Bonchev–Trinajstić information content (AvgIpc) is 3.70. The van der Waals surface area contributed by atoms with Crippen molar-refractivity contribution >= 4 is 73.9 Å². The number of nitrogens with one attached hydrogen (secondary N) is 7. The first kappa shape index (κ1) is 50.9. The van der Waals surface area contributed by atoms with E-state index in [-0.39, 0.29) is 49.5 Å². The number of H-pyrrole nitrogens is 1. The Morgan fingerprint density at radius 3 is 2.05 bits per heavy atom. The number of rotatable bonds is 14. The van der Waals surface area contributed by atoms with Crippen LogP contribution in [-0.2, 0) is 52.8 Å². The zero-order chi connectivity index (χ0) is 47.8. The predicted octanol–water partition coefficient (Wildman–Crippen LogP) is 0.127. The van der Waals surface area contributed by atoms with E-state index >= 15 is 0 Å². The van der Waals surface area contributed by atoms with Crippen molar-refractivity contribution in [2.24, 2.45) is 11.5 Å². The second kappa shape index (κ2) is 25.0. The molecule has 14 N–H and O–H groups in total. The summed E-state index contributed by atoms with van der Waals surface area (Å²) in [6, 6.07) is 12.5. The molecular formula is C45H57N9O10S2. The van der Waals surface area contributed by atoms with E-state index in [2.05, 4.69) is 36.9 Å². The van der Waals surface area contributed by atoms with Crippen LogP contribution in [0.4, 0.5) is 0 Å². The van der Waals surface area contributed by atoms with E-state index in [1.807, 2.05) is 24.3 Å². The highest BCUT2D eigenvalue weighted by Crippen LogP contribution is 2.24. The standard InChI is InChI=1S/C45H57N9O10S2/c1-25(55)38-44(62)53-37(45(63)64)24-66-65-23-36(52-39(57)31(47)19-26-9-3-2-4-10-26)43(61)50-34(20-27-14-16-29(56)17-15-27)41(59)51-35(21-28-22-48-32-12-6-5-11-30(28)32)42(60)49-33(40(58)54-38)13-7-8-18-46/h2-6,9-12,14-17,22,25,31,33-38,48,55-56H,7-8,13,18-21,23-24,46-47H2,1H3,(H,49,60)(H,50,61)(H,51,59)(H,52,57)(H,53,62)(H,54,58)(H,63,64)/t25-,31-,33+,34+,35-,36+,37+,38+/m1/s1. The number of aliphatic carboxylic acids is 1. The summed E-state index contributed by atoms with van der Waals surface area (Å²) >= 11 is 0. The number of unbranched alkanes of at least 4 members (excludes halogenated alkanes) is 1. The van der Waals surface area contributed by atoms with Crippen molar-refractivity contribution in [1.82, 2.24) is 36.9 Å². The number of hydrogen-bond acceptors (Lipinski definition) is 13. The number of carbonyl (C=O) groups is 7. The van der Waals surface area contributed by atoms with Crippen molar-refractivity contribution in [3.05, 3.63) is 102 Å². The number of aromatic amines is 1. The topological polar surface area (TPSA) is 320 Å². The number of phenols is 1. The molecule has 1 aliphatic rings. The Bertz CT molecular complexity index is 2300. The molecule has 0 bridgehead atoms. The van der Waals surface area contributed by atoms with Gasteiger partial charge in [-0.25, -0.2) is 4.79 Å². The second-order valence-electron chi connectivity index (χ2n) is 16.0. The number of aliphatic hydroxyl groups excluding tert-OH is 1. The molecule has 1 saturated heterocycles. The lowest BCUT2D eigenvalue weighted by molar-refractivity contribution is -0.142. The number of carboxylic acids is 1. The van der Waals surface area contributed by atoms with Crippen LogP contribution in [0.3, 0.4) is 0 Å². The maximum atomic E-state index is 14.6. The smallest absolute Gasteiger partial charge is 0.327 e. The summed E-state index contributed by atoms with van der Waals surface area (Å²) in [6.07, 6.45) is 0.916. The number of aliphatic hydroxyl groups is 1. The number of benzene rings is 3. The summed E-state index contributed by atoms with van der Waals surface area (Å²) in [4.78, 5) is 100.